The Hall–Kier alpha value is -1.86. The number of carbonyl (C=O) groups is 1. The Kier molecular flexibility index (Phi) is 5.20. The number of rotatable bonds is 6. The van der Waals surface area contributed by atoms with Crippen LogP contribution >= 0.6 is 11.3 Å². The van der Waals surface area contributed by atoms with E-state index >= 15 is 0 Å². The van der Waals surface area contributed by atoms with E-state index in [2.05, 4.69) is 15.7 Å². The molecule has 2 aromatic heterocycles. The molecule has 120 valence electrons. The van der Waals surface area contributed by atoms with E-state index in [1.54, 1.807) is 11.6 Å². The predicted molar refractivity (Wildman–Crippen MR) is 86.7 cm³/mol. The van der Waals surface area contributed by atoms with Gasteiger partial charge in [0.25, 0.3) is 0 Å². The minimum absolute atomic E-state index is 0.156. The molecule has 7 heteroatoms. The molecule has 0 saturated heterocycles. The van der Waals surface area contributed by atoms with E-state index in [0.29, 0.717) is 6.54 Å². The van der Waals surface area contributed by atoms with Gasteiger partial charge >= 0.3 is 6.03 Å². The van der Waals surface area contributed by atoms with Crippen molar-refractivity contribution in [2.75, 3.05) is 6.54 Å². The van der Waals surface area contributed by atoms with Crippen molar-refractivity contribution >= 4 is 17.4 Å². The molecule has 6 nitrogen and oxygen atoms in total. The van der Waals surface area contributed by atoms with E-state index in [-0.39, 0.29) is 12.6 Å². The zero-order chi connectivity index (χ0) is 16.2. The molecule has 1 unspecified atom stereocenters. The molecule has 3 N–H and O–H groups in total. The van der Waals surface area contributed by atoms with E-state index in [1.807, 2.05) is 37.0 Å². The first-order chi connectivity index (χ1) is 10.4. The fourth-order valence-electron chi connectivity index (χ4n) is 2.19. The Labute approximate surface area is 134 Å². The van der Waals surface area contributed by atoms with Crippen LogP contribution in [0.1, 0.15) is 30.7 Å². The average Bonchev–Trinajstić information content (AvgIpc) is 3.12. The van der Waals surface area contributed by atoms with Crippen molar-refractivity contribution in [1.29, 1.82) is 0 Å². The molecule has 2 rings (SSSR count). The molecular weight excluding hydrogens is 300 g/mol. The highest BCUT2D eigenvalue weighted by molar-refractivity contribution is 7.08. The van der Waals surface area contributed by atoms with Gasteiger partial charge in [-0.2, -0.15) is 16.4 Å². The van der Waals surface area contributed by atoms with Gasteiger partial charge in [-0.3, -0.25) is 4.68 Å². The minimum atomic E-state index is -1.07. The molecule has 0 aliphatic heterocycles. The van der Waals surface area contributed by atoms with Crippen molar-refractivity contribution in [2.45, 2.75) is 32.4 Å². The smallest absolute Gasteiger partial charge is 0.315 e. The van der Waals surface area contributed by atoms with E-state index in [1.165, 1.54) is 11.3 Å². The maximum absolute atomic E-state index is 11.9. The van der Waals surface area contributed by atoms with E-state index in [0.717, 1.165) is 23.2 Å². The lowest BCUT2D eigenvalue weighted by Gasteiger charge is -2.22. The van der Waals surface area contributed by atoms with Gasteiger partial charge in [0.15, 0.2) is 0 Å². The SMILES string of the molecule is CCc1nn(C)cc1CNC(=O)NCC(C)(O)c1ccsc1. The molecule has 0 bridgehead atoms. The zero-order valence-electron chi connectivity index (χ0n) is 13.1. The van der Waals surface area contributed by atoms with Crippen LogP contribution in [0.15, 0.2) is 23.0 Å². The normalized spacial score (nSPS) is 13.6. The summed E-state index contributed by atoms with van der Waals surface area (Å²) >= 11 is 1.52. The van der Waals surface area contributed by atoms with Gasteiger partial charge in [0.05, 0.1) is 12.2 Å². The number of hydrogen-bond acceptors (Lipinski definition) is 4. The largest absolute Gasteiger partial charge is 0.384 e. The Morgan fingerprint density at radius 2 is 2.27 bits per heavy atom. The molecule has 1 atom stereocenters. The second kappa shape index (κ2) is 6.93. The van der Waals surface area contributed by atoms with Crippen LogP contribution in [0.25, 0.3) is 0 Å². The maximum atomic E-state index is 11.9. The average molecular weight is 322 g/mol. The van der Waals surface area contributed by atoms with E-state index in [4.69, 9.17) is 0 Å². The maximum Gasteiger partial charge on any atom is 0.315 e. The monoisotopic (exact) mass is 322 g/mol. The van der Waals surface area contributed by atoms with Crippen molar-refractivity contribution in [3.8, 4) is 0 Å². The third-order valence-electron chi connectivity index (χ3n) is 3.50. The van der Waals surface area contributed by atoms with Crippen molar-refractivity contribution in [3.63, 3.8) is 0 Å². The van der Waals surface area contributed by atoms with Gasteiger partial charge in [-0.15, -0.1) is 0 Å². The molecule has 0 aliphatic carbocycles. The van der Waals surface area contributed by atoms with Crippen LogP contribution in [-0.2, 0) is 25.6 Å². The fourth-order valence-corrected chi connectivity index (χ4v) is 2.98. The van der Waals surface area contributed by atoms with Gasteiger partial charge in [-0.1, -0.05) is 6.92 Å². The number of urea groups is 1. The molecule has 0 fully saturated rings. The first kappa shape index (κ1) is 16.5. The summed E-state index contributed by atoms with van der Waals surface area (Å²) in [5.41, 5.74) is 1.72. The van der Waals surface area contributed by atoms with Crippen LogP contribution in [-0.4, -0.2) is 27.5 Å². The second-order valence-electron chi connectivity index (χ2n) is 5.45. The highest BCUT2D eigenvalue weighted by atomic mass is 32.1. The summed E-state index contributed by atoms with van der Waals surface area (Å²) in [5, 5.41) is 24.0. The molecule has 2 amide bonds. The van der Waals surface area contributed by atoms with Gasteiger partial charge < -0.3 is 15.7 Å². The van der Waals surface area contributed by atoms with Crippen LogP contribution in [0.4, 0.5) is 4.79 Å². The van der Waals surface area contributed by atoms with Crippen molar-refractivity contribution in [3.05, 3.63) is 39.8 Å². The number of carbonyl (C=O) groups excluding carboxylic acids is 1. The Morgan fingerprint density at radius 1 is 1.50 bits per heavy atom. The van der Waals surface area contributed by atoms with Crippen molar-refractivity contribution < 1.29 is 9.90 Å². The summed E-state index contributed by atoms with van der Waals surface area (Å²) in [6.45, 7) is 4.29. The third kappa shape index (κ3) is 4.08. The minimum Gasteiger partial charge on any atom is -0.384 e. The van der Waals surface area contributed by atoms with Crippen LogP contribution in [0.3, 0.4) is 0 Å². The summed E-state index contributed by atoms with van der Waals surface area (Å²) in [5.74, 6) is 0. The number of aliphatic hydroxyl groups is 1. The molecule has 0 saturated carbocycles. The first-order valence-corrected chi connectivity index (χ1v) is 8.15. The predicted octanol–water partition coefficient (Wildman–Crippen LogP) is 1.75. The topological polar surface area (TPSA) is 79.2 Å². The first-order valence-electron chi connectivity index (χ1n) is 7.20. The molecular formula is C15H22N4O2S. The van der Waals surface area contributed by atoms with Crippen molar-refractivity contribution in [1.82, 2.24) is 20.4 Å². The van der Waals surface area contributed by atoms with Crippen LogP contribution in [0.5, 0.6) is 0 Å². The zero-order valence-corrected chi connectivity index (χ0v) is 13.9. The van der Waals surface area contributed by atoms with E-state index in [9.17, 15) is 9.90 Å². The third-order valence-corrected chi connectivity index (χ3v) is 4.19. The summed E-state index contributed by atoms with van der Waals surface area (Å²) < 4.78 is 1.75. The quantitative estimate of drug-likeness (QED) is 0.758. The van der Waals surface area contributed by atoms with Crippen LogP contribution < -0.4 is 10.6 Å². The molecule has 22 heavy (non-hydrogen) atoms. The Bertz CT molecular complexity index is 620. The molecule has 2 aromatic rings. The Morgan fingerprint density at radius 3 is 2.91 bits per heavy atom. The molecule has 2 heterocycles. The summed E-state index contributed by atoms with van der Waals surface area (Å²) in [4.78, 5) is 11.9. The molecule has 0 aliphatic rings. The number of thiophene rings is 1. The standard InChI is InChI=1S/C15H22N4O2S/c1-4-13-11(8-19(3)18-13)7-16-14(20)17-10-15(2,21)12-5-6-22-9-12/h5-6,8-9,21H,4,7,10H2,1-3H3,(H2,16,17,20). The van der Waals surface area contributed by atoms with E-state index < -0.39 is 5.60 Å². The number of aryl methyl sites for hydroxylation is 2. The van der Waals surface area contributed by atoms with Gasteiger partial charge in [0.1, 0.15) is 5.60 Å². The van der Waals surface area contributed by atoms with Crippen LogP contribution in [0.2, 0.25) is 0 Å². The van der Waals surface area contributed by atoms with Gasteiger partial charge in [-0.25, -0.2) is 4.79 Å². The lowest BCUT2D eigenvalue weighted by Crippen LogP contribution is -2.43. The van der Waals surface area contributed by atoms with Gasteiger partial charge in [0.2, 0.25) is 0 Å². The van der Waals surface area contributed by atoms with Crippen LogP contribution in [0, 0.1) is 0 Å². The lowest BCUT2D eigenvalue weighted by atomic mass is 9.99. The fraction of sp³-hybridized carbons (Fsp3) is 0.467. The number of hydrogen-bond donors (Lipinski definition) is 3. The Balaban J connectivity index is 1.83. The van der Waals surface area contributed by atoms with Crippen molar-refractivity contribution in [2.24, 2.45) is 7.05 Å². The highest BCUT2D eigenvalue weighted by Gasteiger charge is 2.24. The van der Waals surface area contributed by atoms with Gasteiger partial charge in [0, 0.05) is 25.4 Å². The molecule has 0 spiro atoms. The number of amides is 2. The number of nitrogens with zero attached hydrogens (tertiary/aromatic N) is 2. The summed E-state index contributed by atoms with van der Waals surface area (Å²) in [6.07, 6.45) is 2.73. The summed E-state index contributed by atoms with van der Waals surface area (Å²) in [6, 6.07) is 1.55. The molecule has 0 radical (unpaired) electrons. The molecule has 0 aromatic carbocycles. The lowest BCUT2D eigenvalue weighted by molar-refractivity contribution is 0.0598. The number of nitrogens with one attached hydrogen (secondary N) is 2. The highest BCUT2D eigenvalue weighted by Crippen LogP contribution is 2.21. The number of aromatic nitrogens is 2. The summed E-state index contributed by atoms with van der Waals surface area (Å²) in [7, 11) is 1.86. The second-order valence-corrected chi connectivity index (χ2v) is 6.23. The van der Waals surface area contributed by atoms with Gasteiger partial charge in [-0.05, 0) is 35.7 Å².